The van der Waals surface area contributed by atoms with Crippen LogP contribution in [0.1, 0.15) is 35.9 Å². The summed E-state index contributed by atoms with van der Waals surface area (Å²) in [6.45, 7) is 3.02. The van der Waals surface area contributed by atoms with Crippen LogP contribution >= 0.6 is 0 Å². The van der Waals surface area contributed by atoms with Crippen molar-refractivity contribution in [3.05, 3.63) is 54.0 Å². The Morgan fingerprint density at radius 1 is 1.21 bits per heavy atom. The van der Waals surface area contributed by atoms with Crippen molar-refractivity contribution < 1.29 is 28.3 Å². The molecule has 176 valence electrons. The molecule has 2 aromatic rings. The van der Waals surface area contributed by atoms with E-state index in [0.717, 1.165) is 0 Å². The van der Waals surface area contributed by atoms with Crippen molar-refractivity contribution in [3.63, 3.8) is 0 Å². The van der Waals surface area contributed by atoms with Crippen molar-refractivity contribution in [2.75, 3.05) is 31.6 Å². The first-order chi connectivity index (χ1) is 16.0. The molecule has 0 spiro atoms. The average molecular weight is 456 g/mol. The van der Waals surface area contributed by atoms with Gasteiger partial charge in [-0.15, -0.1) is 0 Å². The van der Waals surface area contributed by atoms with Crippen molar-refractivity contribution in [3.8, 4) is 0 Å². The highest BCUT2D eigenvalue weighted by Crippen LogP contribution is 2.13. The highest BCUT2D eigenvalue weighted by Gasteiger charge is 2.34. The molecule has 3 amide bonds. The molecule has 1 aliphatic rings. The van der Waals surface area contributed by atoms with E-state index in [1.807, 2.05) is 6.92 Å². The van der Waals surface area contributed by atoms with E-state index in [-0.39, 0.29) is 43.8 Å². The fraction of sp³-hybridized carbons (Fsp3) is 0.391. The predicted octanol–water partition coefficient (Wildman–Crippen LogP) is 1.29. The lowest BCUT2D eigenvalue weighted by Gasteiger charge is -2.34. The Morgan fingerprint density at radius 3 is 2.70 bits per heavy atom. The van der Waals surface area contributed by atoms with Gasteiger partial charge in [-0.2, -0.15) is 0 Å². The number of benzene rings is 1. The summed E-state index contributed by atoms with van der Waals surface area (Å²) < 4.78 is 10.2. The standard InChI is InChI=1S/C23H28N4O6/c1-2-11-33-21(29)13-19-23(31)24-9-10-27(19)20(28)15-25-17-7-5-16(6-8-17)22(30)26-14-18-4-3-12-32-18/h3-8,12,19,25H,2,9-11,13-15H2,1H3,(H,24,31)(H,26,30). The summed E-state index contributed by atoms with van der Waals surface area (Å²) in [6, 6.07) is 9.30. The first kappa shape index (κ1) is 23.8. The Kier molecular flexibility index (Phi) is 8.45. The van der Waals surface area contributed by atoms with Gasteiger partial charge in [-0.05, 0) is 42.8 Å². The molecule has 2 heterocycles. The number of carbonyl (C=O) groups is 4. The van der Waals surface area contributed by atoms with Crippen molar-refractivity contribution in [2.45, 2.75) is 32.4 Å². The zero-order chi connectivity index (χ0) is 23.6. The number of hydrogen-bond acceptors (Lipinski definition) is 7. The van der Waals surface area contributed by atoms with Crippen LogP contribution in [0.4, 0.5) is 5.69 Å². The molecular weight excluding hydrogens is 428 g/mol. The fourth-order valence-electron chi connectivity index (χ4n) is 3.35. The Morgan fingerprint density at radius 2 is 2.00 bits per heavy atom. The van der Waals surface area contributed by atoms with Gasteiger partial charge in [0.1, 0.15) is 11.8 Å². The van der Waals surface area contributed by atoms with Crippen molar-refractivity contribution in [2.24, 2.45) is 0 Å². The lowest BCUT2D eigenvalue weighted by Crippen LogP contribution is -2.58. The number of ether oxygens (including phenoxy) is 1. The maximum atomic E-state index is 12.8. The highest BCUT2D eigenvalue weighted by atomic mass is 16.5. The van der Waals surface area contributed by atoms with E-state index < -0.39 is 12.0 Å². The van der Waals surface area contributed by atoms with Gasteiger partial charge in [0.15, 0.2) is 0 Å². The molecule has 0 radical (unpaired) electrons. The smallest absolute Gasteiger partial charge is 0.308 e. The Labute approximate surface area is 191 Å². The van der Waals surface area contributed by atoms with Crippen LogP contribution in [-0.2, 0) is 25.7 Å². The Hall–Kier alpha value is -3.82. The van der Waals surface area contributed by atoms with Crippen molar-refractivity contribution in [1.82, 2.24) is 15.5 Å². The zero-order valence-corrected chi connectivity index (χ0v) is 18.5. The second-order valence-corrected chi connectivity index (χ2v) is 7.51. The molecule has 0 bridgehead atoms. The zero-order valence-electron chi connectivity index (χ0n) is 18.5. The summed E-state index contributed by atoms with van der Waals surface area (Å²) >= 11 is 0. The summed E-state index contributed by atoms with van der Waals surface area (Å²) in [6.07, 6.45) is 2.04. The molecule has 3 N–H and O–H groups in total. The molecule has 0 saturated carbocycles. The first-order valence-electron chi connectivity index (χ1n) is 10.8. The number of amides is 3. The molecule has 0 aliphatic carbocycles. The number of esters is 1. The highest BCUT2D eigenvalue weighted by molar-refractivity contribution is 5.95. The molecule has 1 saturated heterocycles. The second kappa shape index (κ2) is 11.7. The number of nitrogens with one attached hydrogen (secondary N) is 3. The van der Waals surface area contributed by atoms with E-state index in [1.165, 1.54) is 4.90 Å². The number of hydrogen-bond donors (Lipinski definition) is 3. The van der Waals surface area contributed by atoms with Gasteiger partial charge >= 0.3 is 5.97 Å². The topological polar surface area (TPSA) is 130 Å². The van der Waals surface area contributed by atoms with Crippen LogP contribution in [0.2, 0.25) is 0 Å². The predicted molar refractivity (Wildman–Crippen MR) is 119 cm³/mol. The van der Waals surface area contributed by atoms with E-state index in [0.29, 0.717) is 36.5 Å². The van der Waals surface area contributed by atoms with Gasteiger partial charge in [0.25, 0.3) is 5.91 Å². The van der Waals surface area contributed by atoms with E-state index in [4.69, 9.17) is 9.15 Å². The Balaban J connectivity index is 1.51. The van der Waals surface area contributed by atoms with Gasteiger partial charge in [-0.3, -0.25) is 19.2 Å². The molecule has 1 aromatic heterocycles. The molecule has 33 heavy (non-hydrogen) atoms. The molecule has 1 atom stereocenters. The molecule has 1 aliphatic heterocycles. The summed E-state index contributed by atoms with van der Waals surface area (Å²) in [5.41, 5.74) is 1.11. The van der Waals surface area contributed by atoms with E-state index in [2.05, 4.69) is 16.0 Å². The minimum absolute atomic E-state index is 0.0577. The lowest BCUT2D eigenvalue weighted by molar-refractivity contribution is -0.151. The van der Waals surface area contributed by atoms with Gasteiger partial charge in [-0.1, -0.05) is 6.92 Å². The quantitative estimate of drug-likeness (QED) is 0.459. The van der Waals surface area contributed by atoms with Crippen LogP contribution < -0.4 is 16.0 Å². The monoisotopic (exact) mass is 456 g/mol. The SMILES string of the molecule is CCCOC(=O)CC1C(=O)NCCN1C(=O)CNc1ccc(C(=O)NCc2ccco2)cc1. The molecule has 10 nitrogen and oxygen atoms in total. The van der Waals surface area contributed by atoms with Gasteiger partial charge in [0.2, 0.25) is 11.8 Å². The first-order valence-corrected chi connectivity index (χ1v) is 10.8. The van der Waals surface area contributed by atoms with Gasteiger partial charge in [-0.25, -0.2) is 0 Å². The maximum Gasteiger partial charge on any atom is 0.308 e. The minimum atomic E-state index is -0.891. The number of rotatable bonds is 10. The van der Waals surface area contributed by atoms with Gasteiger partial charge in [0, 0.05) is 24.3 Å². The molecule has 1 fully saturated rings. The van der Waals surface area contributed by atoms with Crippen LogP contribution in [0, 0.1) is 0 Å². The molecular formula is C23H28N4O6. The van der Waals surface area contributed by atoms with E-state index in [9.17, 15) is 19.2 Å². The number of piperazine rings is 1. The van der Waals surface area contributed by atoms with Crippen LogP contribution in [0.3, 0.4) is 0 Å². The van der Waals surface area contributed by atoms with Crippen molar-refractivity contribution >= 4 is 29.4 Å². The van der Waals surface area contributed by atoms with Crippen LogP contribution in [0.25, 0.3) is 0 Å². The lowest BCUT2D eigenvalue weighted by atomic mass is 10.1. The molecule has 3 rings (SSSR count). The van der Waals surface area contributed by atoms with Crippen LogP contribution in [0.15, 0.2) is 47.1 Å². The van der Waals surface area contributed by atoms with Crippen LogP contribution in [0.5, 0.6) is 0 Å². The van der Waals surface area contributed by atoms with Crippen LogP contribution in [-0.4, -0.2) is 60.9 Å². The maximum absolute atomic E-state index is 12.8. The average Bonchev–Trinajstić information content (AvgIpc) is 3.35. The van der Waals surface area contributed by atoms with Gasteiger partial charge < -0.3 is 30.0 Å². The molecule has 1 aromatic carbocycles. The second-order valence-electron chi connectivity index (χ2n) is 7.51. The summed E-state index contributed by atoms with van der Waals surface area (Å²) in [7, 11) is 0. The largest absolute Gasteiger partial charge is 0.467 e. The number of anilines is 1. The fourth-order valence-corrected chi connectivity index (χ4v) is 3.35. The summed E-state index contributed by atoms with van der Waals surface area (Å²) in [5, 5.41) is 8.44. The Bertz CT molecular complexity index is 958. The third-order valence-corrected chi connectivity index (χ3v) is 5.07. The van der Waals surface area contributed by atoms with Crippen molar-refractivity contribution in [1.29, 1.82) is 0 Å². The number of furan rings is 1. The molecule has 1 unspecified atom stereocenters. The third kappa shape index (κ3) is 6.83. The third-order valence-electron chi connectivity index (χ3n) is 5.07. The molecule has 10 heteroatoms. The summed E-state index contributed by atoms with van der Waals surface area (Å²) in [4.78, 5) is 50.6. The number of nitrogens with zero attached hydrogens (tertiary/aromatic N) is 1. The number of carbonyl (C=O) groups excluding carboxylic acids is 4. The van der Waals surface area contributed by atoms with Gasteiger partial charge in [0.05, 0.1) is 32.4 Å². The minimum Gasteiger partial charge on any atom is -0.467 e. The summed E-state index contributed by atoms with van der Waals surface area (Å²) in [5.74, 6) is -0.772. The van der Waals surface area contributed by atoms with E-state index >= 15 is 0 Å². The van der Waals surface area contributed by atoms with E-state index in [1.54, 1.807) is 42.7 Å². The normalized spacial score (nSPS) is 15.5.